The van der Waals surface area contributed by atoms with Crippen LogP contribution < -0.4 is 16.4 Å². The maximum Gasteiger partial charge on any atom is 0.336 e. The van der Waals surface area contributed by atoms with Crippen molar-refractivity contribution in [1.29, 1.82) is 5.41 Å². The van der Waals surface area contributed by atoms with Crippen LogP contribution in [0.3, 0.4) is 0 Å². The highest BCUT2D eigenvalue weighted by molar-refractivity contribution is 7.85. The molecule has 12 heteroatoms. The number of hydrogen-bond acceptors (Lipinski definition) is 6. The van der Waals surface area contributed by atoms with E-state index in [4.69, 9.17) is 15.7 Å². The molecule has 0 bridgehead atoms. The van der Waals surface area contributed by atoms with Crippen LogP contribution in [-0.2, 0) is 10.1 Å². The van der Waals surface area contributed by atoms with Crippen LogP contribution in [0.4, 0.5) is 5.69 Å². The van der Waals surface area contributed by atoms with Gasteiger partial charge in [-0.05, 0) is 65.9 Å². The molecule has 2 amide bonds. The van der Waals surface area contributed by atoms with E-state index >= 15 is 0 Å². The maximum atomic E-state index is 13.2. The van der Waals surface area contributed by atoms with E-state index < -0.39 is 22.0 Å². The number of nitrogens with two attached hydrogens (primary N) is 1. The lowest BCUT2D eigenvalue weighted by Crippen LogP contribution is -2.27. The Kier molecular flexibility index (Phi) is 10.7. The number of amidine groups is 1. The summed E-state index contributed by atoms with van der Waals surface area (Å²) in [6, 6.07) is 16.1. The van der Waals surface area contributed by atoms with Gasteiger partial charge in [0.1, 0.15) is 5.84 Å². The number of carbonyl (C=O) groups is 3. The van der Waals surface area contributed by atoms with Crippen molar-refractivity contribution in [3.63, 3.8) is 0 Å². The van der Waals surface area contributed by atoms with E-state index in [1.807, 2.05) is 13.8 Å². The number of aryl methyl sites for hydroxylation is 1. The first kappa shape index (κ1) is 31.7. The summed E-state index contributed by atoms with van der Waals surface area (Å²) in [5.74, 6) is -1.80. The lowest BCUT2D eigenvalue weighted by molar-refractivity contribution is 0.0697. The van der Waals surface area contributed by atoms with Crippen LogP contribution >= 0.6 is 0 Å². The molecular weight excluding hydrogens is 536 g/mol. The molecule has 11 nitrogen and oxygen atoms in total. The van der Waals surface area contributed by atoms with Gasteiger partial charge in [-0.1, -0.05) is 38.1 Å². The smallest absolute Gasteiger partial charge is 0.336 e. The van der Waals surface area contributed by atoms with E-state index in [0.29, 0.717) is 35.2 Å². The van der Waals surface area contributed by atoms with Crippen molar-refractivity contribution in [3.8, 4) is 11.1 Å². The van der Waals surface area contributed by atoms with Gasteiger partial charge in [0.05, 0.1) is 11.8 Å². The van der Waals surface area contributed by atoms with E-state index in [2.05, 4.69) is 10.6 Å². The summed E-state index contributed by atoms with van der Waals surface area (Å²) in [6.45, 7) is 6.19. The monoisotopic (exact) mass is 568 g/mol. The highest BCUT2D eigenvalue weighted by Gasteiger charge is 2.20. The molecule has 0 aromatic heterocycles. The minimum atomic E-state index is -3.67. The molecular formula is C28H32N4O7S. The number of nitrogen functional groups attached to an aromatic ring is 1. The predicted molar refractivity (Wildman–Crippen MR) is 154 cm³/mol. The van der Waals surface area contributed by atoms with Gasteiger partial charge in [-0.25, -0.2) is 4.79 Å². The number of benzene rings is 3. The third-order valence-electron chi connectivity index (χ3n) is 5.43. The van der Waals surface area contributed by atoms with Crippen LogP contribution in [0.15, 0.2) is 60.7 Å². The molecule has 0 aliphatic rings. The molecule has 0 atom stereocenters. The first-order chi connectivity index (χ1) is 18.6. The van der Waals surface area contributed by atoms with Gasteiger partial charge in [-0.3, -0.25) is 19.6 Å². The molecule has 40 heavy (non-hydrogen) atoms. The summed E-state index contributed by atoms with van der Waals surface area (Å²) in [6.07, 6.45) is 0.715. The van der Waals surface area contributed by atoms with Crippen molar-refractivity contribution in [3.05, 3.63) is 88.5 Å². The van der Waals surface area contributed by atoms with Gasteiger partial charge in [-0.15, -0.1) is 0 Å². The molecule has 0 fully saturated rings. The number of amides is 2. The number of carbonyl (C=O) groups excluding carboxylic acids is 2. The average Bonchev–Trinajstić information content (AvgIpc) is 2.86. The Labute approximate surface area is 232 Å². The summed E-state index contributed by atoms with van der Waals surface area (Å²) in [5.41, 5.74) is 8.53. The zero-order valence-corrected chi connectivity index (χ0v) is 23.3. The summed E-state index contributed by atoms with van der Waals surface area (Å²) in [7, 11) is -3.67. The van der Waals surface area contributed by atoms with Crippen LogP contribution in [0, 0.1) is 18.3 Å². The Bertz CT molecular complexity index is 1540. The molecule has 0 saturated carbocycles. The lowest BCUT2D eigenvalue weighted by Gasteiger charge is -2.15. The quantitative estimate of drug-likeness (QED) is 0.134. The van der Waals surface area contributed by atoms with Crippen molar-refractivity contribution < 1.29 is 32.5 Å². The first-order valence-corrected chi connectivity index (χ1v) is 13.9. The first-order valence-electron chi connectivity index (χ1n) is 12.0. The Morgan fingerprint density at radius 2 is 1.50 bits per heavy atom. The fourth-order valence-electron chi connectivity index (χ4n) is 3.57. The average molecular weight is 569 g/mol. The number of anilines is 1. The van der Waals surface area contributed by atoms with Crippen LogP contribution in [0.5, 0.6) is 0 Å². The fraction of sp³-hybridized carbons (Fsp3) is 0.214. The largest absolute Gasteiger partial charge is 0.478 e. The van der Waals surface area contributed by atoms with Crippen molar-refractivity contribution >= 4 is 39.4 Å². The number of carboxylic acids is 1. The van der Waals surface area contributed by atoms with Gasteiger partial charge in [0, 0.05) is 28.9 Å². The van der Waals surface area contributed by atoms with Crippen LogP contribution in [0.25, 0.3) is 11.1 Å². The molecule has 3 aromatic carbocycles. The minimum absolute atomic E-state index is 0.0705. The molecule has 3 aromatic rings. The molecule has 0 aliphatic heterocycles. The van der Waals surface area contributed by atoms with Crippen LogP contribution in [-0.4, -0.2) is 54.5 Å². The second-order valence-electron chi connectivity index (χ2n) is 9.35. The second-order valence-corrected chi connectivity index (χ2v) is 10.8. The molecule has 0 radical (unpaired) electrons. The number of aromatic carboxylic acids is 1. The van der Waals surface area contributed by atoms with E-state index in [-0.39, 0.29) is 34.4 Å². The van der Waals surface area contributed by atoms with Gasteiger partial charge in [0.25, 0.3) is 21.9 Å². The SMILES string of the molecule is CS(=O)(=O)O.Cc1cc(C(=N)N)ccc1NC(=O)c1ccccc1-c1ccc(C(=O)NCC(C)C)cc1C(=O)O. The molecule has 212 valence electrons. The van der Waals surface area contributed by atoms with Crippen molar-refractivity contribution in [1.82, 2.24) is 5.32 Å². The Balaban J connectivity index is 0.00000103. The van der Waals surface area contributed by atoms with Crippen LogP contribution in [0.2, 0.25) is 0 Å². The topological polar surface area (TPSA) is 200 Å². The van der Waals surface area contributed by atoms with Gasteiger partial charge in [-0.2, -0.15) is 8.42 Å². The third kappa shape index (κ3) is 9.33. The number of hydrogen-bond donors (Lipinski definition) is 6. The van der Waals surface area contributed by atoms with Crippen molar-refractivity contribution in [2.45, 2.75) is 20.8 Å². The number of nitrogens with one attached hydrogen (secondary N) is 3. The molecule has 7 N–H and O–H groups in total. The molecule has 0 heterocycles. The van der Waals surface area contributed by atoms with Crippen LogP contribution in [0.1, 0.15) is 56.0 Å². The number of carboxylic acid groups (broad SMARTS) is 1. The van der Waals surface area contributed by atoms with Gasteiger partial charge >= 0.3 is 5.97 Å². The Morgan fingerprint density at radius 1 is 0.925 bits per heavy atom. The van der Waals surface area contributed by atoms with E-state index in [9.17, 15) is 27.9 Å². The van der Waals surface area contributed by atoms with E-state index in [1.165, 1.54) is 6.07 Å². The van der Waals surface area contributed by atoms with Gasteiger partial charge in [0.2, 0.25) is 0 Å². The zero-order valence-electron chi connectivity index (χ0n) is 22.5. The fourth-order valence-corrected chi connectivity index (χ4v) is 3.57. The molecule has 0 spiro atoms. The van der Waals surface area contributed by atoms with Crippen molar-refractivity contribution in [2.75, 3.05) is 18.1 Å². The minimum Gasteiger partial charge on any atom is -0.478 e. The molecule has 0 saturated heterocycles. The van der Waals surface area contributed by atoms with Crippen molar-refractivity contribution in [2.24, 2.45) is 11.7 Å². The summed E-state index contributed by atoms with van der Waals surface area (Å²) >= 11 is 0. The summed E-state index contributed by atoms with van der Waals surface area (Å²) in [5, 5.41) is 23.0. The summed E-state index contributed by atoms with van der Waals surface area (Å²) < 4.78 is 25.9. The Hall–Kier alpha value is -4.55. The van der Waals surface area contributed by atoms with Gasteiger partial charge in [0.15, 0.2) is 0 Å². The highest BCUT2D eigenvalue weighted by Crippen LogP contribution is 2.29. The van der Waals surface area contributed by atoms with E-state index in [1.54, 1.807) is 61.5 Å². The molecule has 3 rings (SSSR count). The zero-order chi connectivity index (χ0) is 30.2. The normalized spacial score (nSPS) is 10.8. The molecule has 0 unspecified atom stereocenters. The second kappa shape index (κ2) is 13.5. The Morgan fingerprint density at radius 3 is 2.05 bits per heavy atom. The molecule has 0 aliphatic carbocycles. The highest BCUT2D eigenvalue weighted by atomic mass is 32.2. The number of rotatable bonds is 8. The predicted octanol–water partition coefficient (Wildman–Crippen LogP) is 3.79. The third-order valence-corrected chi connectivity index (χ3v) is 5.43. The summed E-state index contributed by atoms with van der Waals surface area (Å²) in [4.78, 5) is 37.7. The lowest BCUT2D eigenvalue weighted by atomic mass is 9.93. The maximum absolute atomic E-state index is 13.2. The standard InChI is InChI=1S/C27H28N4O4.CH4O3S/c1-15(2)14-30-25(32)18-8-10-20(22(13-18)27(34)35)19-6-4-5-7-21(19)26(33)31-23-11-9-17(24(28)29)12-16(23)3;1-5(2,3)4/h4-13,15H,14H2,1-3H3,(H3,28,29)(H,30,32)(H,31,33)(H,34,35);1H3,(H,2,3,4). The van der Waals surface area contributed by atoms with Gasteiger partial charge < -0.3 is 21.5 Å². The van der Waals surface area contributed by atoms with E-state index in [0.717, 1.165) is 5.56 Å².